The maximum Gasteiger partial charge on any atom is 0.150 e. The van der Waals surface area contributed by atoms with Gasteiger partial charge in [0.1, 0.15) is 0 Å². The molecule has 0 aliphatic heterocycles. The van der Waals surface area contributed by atoms with E-state index in [1.807, 2.05) is 20.8 Å². The fourth-order valence-corrected chi connectivity index (χ4v) is 3.66. The number of hydrogen-bond acceptors (Lipinski definition) is 2. The maximum absolute atomic E-state index is 11.8. The highest BCUT2D eigenvalue weighted by atomic mass is 32.2. The molecule has 0 aromatic heterocycles. The van der Waals surface area contributed by atoms with Gasteiger partial charge in [0.15, 0.2) is 9.84 Å². The standard InChI is InChI=1S/C14H28O2S/c1-13(2,3)10-8-7-9-11-17(15,16)12-14(4,5)6/h8,10H,7,9,11-12H2,1-6H3/b10-8-. The average Bonchev–Trinajstić information content (AvgIpc) is 1.95. The molecule has 0 aromatic carbocycles. The first-order chi connectivity index (χ1) is 7.41. The van der Waals surface area contributed by atoms with Crippen molar-refractivity contribution < 1.29 is 8.42 Å². The lowest BCUT2D eigenvalue weighted by atomic mass is 9.96. The minimum absolute atomic E-state index is 0.139. The van der Waals surface area contributed by atoms with Gasteiger partial charge in [-0.15, -0.1) is 0 Å². The van der Waals surface area contributed by atoms with E-state index in [4.69, 9.17) is 0 Å². The molecule has 0 amide bonds. The molecule has 0 aliphatic rings. The zero-order chi connectivity index (χ0) is 13.7. The van der Waals surface area contributed by atoms with Crippen LogP contribution in [0, 0.1) is 10.8 Å². The predicted octanol–water partition coefficient (Wildman–Crippen LogP) is 3.83. The Labute approximate surface area is 107 Å². The van der Waals surface area contributed by atoms with Gasteiger partial charge in [0, 0.05) is 0 Å². The van der Waals surface area contributed by atoms with Crippen LogP contribution in [0.25, 0.3) is 0 Å². The molecule has 0 N–H and O–H groups in total. The van der Waals surface area contributed by atoms with Gasteiger partial charge in [-0.25, -0.2) is 8.42 Å². The van der Waals surface area contributed by atoms with E-state index in [0.717, 1.165) is 12.8 Å². The lowest BCUT2D eigenvalue weighted by Gasteiger charge is -2.17. The average molecular weight is 260 g/mol. The summed E-state index contributed by atoms with van der Waals surface area (Å²) in [6.45, 7) is 12.3. The first-order valence-electron chi connectivity index (χ1n) is 6.29. The van der Waals surface area contributed by atoms with Gasteiger partial charge in [0.2, 0.25) is 0 Å². The van der Waals surface area contributed by atoms with Gasteiger partial charge < -0.3 is 0 Å². The van der Waals surface area contributed by atoms with Crippen LogP contribution in [0.2, 0.25) is 0 Å². The summed E-state index contributed by atoms with van der Waals surface area (Å²) >= 11 is 0. The van der Waals surface area contributed by atoms with E-state index < -0.39 is 9.84 Å². The van der Waals surface area contributed by atoms with E-state index in [9.17, 15) is 8.42 Å². The summed E-state index contributed by atoms with van der Waals surface area (Å²) in [6.07, 6.45) is 5.81. The molecule has 0 radical (unpaired) electrons. The topological polar surface area (TPSA) is 34.1 Å². The highest BCUT2D eigenvalue weighted by molar-refractivity contribution is 7.91. The molecule has 102 valence electrons. The SMILES string of the molecule is CC(C)(C)/C=C\CCCS(=O)(=O)CC(C)(C)C. The van der Waals surface area contributed by atoms with Gasteiger partial charge in [-0.1, -0.05) is 53.7 Å². The van der Waals surface area contributed by atoms with Crippen molar-refractivity contribution in [3.05, 3.63) is 12.2 Å². The zero-order valence-electron chi connectivity index (χ0n) is 12.2. The summed E-state index contributed by atoms with van der Waals surface area (Å²) in [7, 11) is -2.89. The van der Waals surface area contributed by atoms with Crippen LogP contribution in [0.5, 0.6) is 0 Å². The summed E-state index contributed by atoms with van der Waals surface area (Å²) in [4.78, 5) is 0. The van der Waals surface area contributed by atoms with E-state index in [0.29, 0.717) is 5.75 Å². The molecule has 17 heavy (non-hydrogen) atoms. The highest BCUT2D eigenvalue weighted by Crippen LogP contribution is 2.18. The number of unbranched alkanes of at least 4 members (excludes halogenated alkanes) is 1. The summed E-state index contributed by atoms with van der Waals surface area (Å²) in [5.41, 5.74) is 0.0460. The van der Waals surface area contributed by atoms with Crippen LogP contribution in [0.4, 0.5) is 0 Å². The molecule has 0 bridgehead atoms. The fraction of sp³-hybridized carbons (Fsp3) is 0.857. The normalized spacial score (nSPS) is 14.5. The van der Waals surface area contributed by atoms with Crippen LogP contribution in [0.3, 0.4) is 0 Å². The van der Waals surface area contributed by atoms with Crippen molar-refractivity contribution in [2.75, 3.05) is 11.5 Å². The van der Waals surface area contributed by atoms with Crippen molar-refractivity contribution in [1.82, 2.24) is 0 Å². The molecule has 0 fully saturated rings. The molecule has 0 rings (SSSR count). The molecule has 0 atom stereocenters. The second kappa shape index (κ2) is 6.03. The monoisotopic (exact) mass is 260 g/mol. The quantitative estimate of drug-likeness (QED) is 0.556. The Morgan fingerprint density at radius 1 is 1.00 bits per heavy atom. The van der Waals surface area contributed by atoms with Gasteiger partial charge in [-0.2, -0.15) is 0 Å². The third-order valence-corrected chi connectivity index (χ3v) is 4.31. The van der Waals surface area contributed by atoms with Crippen molar-refractivity contribution in [2.24, 2.45) is 10.8 Å². The zero-order valence-corrected chi connectivity index (χ0v) is 13.0. The number of hydrogen-bond donors (Lipinski definition) is 0. The van der Waals surface area contributed by atoms with Crippen LogP contribution in [0.1, 0.15) is 54.4 Å². The second-order valence-electron chi connectivity index (χ2n) is 7.06. The Morgan fingerprint density at radius 3 is 1.94 bits per heavy atom. The van der Waals surface area contributed by atoms with Crippen molar-refractivity contribution in [2.45, 2.75) is 54.4 Å². The number of sulfone groups is 1. The van der Waals surface area contributed by atoms with E-state index in [1.165, 1.54) is 0 Å². The Balaban J connectivity index is 4.02. The smallest absolute Gasteiger partial charge is 0.150 e. The Bertz CT molecular complexity index is 337. The third-order valence-electron chi connectivity index (χ3n) is 2.10. The Hall–Kier alpha value is -0.310. The summed E-state index contributed by atoms with van der Waals surface area (Å²) in [5, 5.41) is 0. The van der Waals surface area contributed by atoms with Crippen molar-refractivity contribution in [3.63, 3.8) is 0 Å². The molecular weight excluding hydrogens is 232 g/mol. The van der Waals surface area contributed by atoms with Gasteiger partial charge in [-0.3, -0.25) is 0 Å². The van der Waals surface area contributed by atoms with E-state index >= 15 is 0 Å². The third kappa shape index (κ3) is 11.9. The van der Waals surface area contributed by atoms with Gasteiger partial charge in [0.25, 0.3) is 0 Å². The van der Waals surface area contributed by atoms with Gasteiger partial charge in [0.05, 0.1) is 11.5 Å². The van der Waals surface area contributed by atoms with Crippen molar-refractivity contribution in [1.29, 1.82) is 0 Å². The molecule has 0 unspecified atom stereocenters. The van der Waals surface area contributed by atoms with Crippen molar-refractivity contribution >= 4 is 9.84 Å². The van der Waals surface area contributed by atoms with Crippen molar-refractivity contribution in [3.8, 4) is 0 Å². The van der Waals surface area contributed by atoms with Gasteiger partial charge >= 0.3 is 0 Å². The molecule has 0 heterocycles. The summed E-state index contributed by atoms with van der Waals surface area (Å²) < 4.78 is 23.6. The summed E-state index contributed by atoms with van der Waals surface area (Å²) in [5.74, 6) is 0.585. The fourth-order valence-electron chi connectivity index (χ4n) is 1.59. The first-order valence-corrected chi connectivity index (χ1v) is 8.12. The Morgan fingerprint density at radius 2 is 1.53 bits per heavy atom. The molecule has 0 spiro atoms. The van der Waals surface area contributed by atoms with Gasteiger partial charge in [-0.05, 0) is 23.7 Å². The van der Waals surface area contributed by atoms with Crippen LogP contribution in [-0.4, -0.2) is 19.9 Å². The second-order valence-corrected chi connectivity index (χ2v) is 9.25. The summed E-state index contributed by atoms with van der Waals surface area (Å²) in [6, 6.07) is 0. The highest BCUT2D eigenvalue weighted by Gasteiger charge is 2.20. The molecule has 0 aromatic rings. The predicted molar refractivity (Wildman–Crippen MR) is 75.9 cm³/mol. The first kappa shape index (κ1) is 16.7. The number of allylic oxidation sites excluding steroid dienone is 2. The Kier molecular flexibility index (Phi) is 5.92. The van der Waals surface area contributed by atoms with Crippen LogP contribution in [-0.2, 0) is 9.84 Å². The molecule has 0 saturated carbocycles. The van der Waals surface area contributed by atoms with Crippen LogP contribution in [0.15, 0.2) is 12.2 Å². The van der Waals surface area contributed by atoms with E-state index in [-0.39, 0.29) is 16.6 Å². The van der Waals surface area contributed by atoms with E-state index in [1.54, 1.807) is 0 Å². The van der Waals surface area contributed by atoms with Crippen LogP contribution < -0.4 is 0 Å². The minimum Gasteiger partial charge on any atom is -0.229 e. The van der Waals surface area contributed by atoms with Crippen LogP contribution >= 0.6 is 0 Å². The molecule has 0 aliphatic carbocycles. The largest absolute Gasteiger partial charge is 0.229 e. The minimum atomic E-state index is -2.89. The number of rotatable bonds is 5. The lowest BCUT2D eigenvalue weighted by Crippen LogP contribution is -2.22. The lowest BCUT2D eigenvalue weighted by molar-refractivity contribution is 0.461. The maximum atomic E-state index is 11.8. The molecule has 3 heteroatoms. The molecule has 0 saturated heterocycles. The molecule has 2 nitrogen and oxygen atoms in total. The van der Waals surface area contributed by atoms with E-state index in [2.05, 4.69) is 32.9 Å². The molecular formula is C14H28O2S.